The molecule has 2 aromatic carbocycles. The van der Waals surface area contributed by atoms with Crippen molar-refractivity contribution < 1.29 is 0 Å². The Hall–Kier alpha value is -0.470. The maximum atomic E-state index is 5.39. The van der Waals surface area contributed by atoms with Crippen LogP contribution in [0.1, 0.15) is 11.1 Å². The Labute approximate surface area is 118 Å². The van der Waals surface area contributed by atoms with E-state index in [2.05, 4.69) is 0 Å². The van der Waals surface area contributed by atoms with Gasteiger partial charge in [-0.2, -0.15) is 0 Å². The van der Waals surface area contributed by atoms with Crippen molar-refractivity contribution in [1.82, 2.24) is 0 Å². The number of hydrogen-bond donors (Lipinski definition) is 0. The first-order valence-corrected chi connectivity index (χ1v) is 4.93. The summed E-state index contributed by atoms with van der Waals surface area (Å²) >= 11 is 5.39. The van der Waals surface area contributed by atoms with E-state index < -0.39 is 0 Å². The third-order valence-corrected chi connectivity index (χ3v) is 2.54. The van der Waals surface area contributed by atoms with Crippen LogP contribution in [0.2, 0.25) is 0 Å². The van der Waals surface area contributed by atoms with Gasteiger partial charge in [0.25, 0.3) is 0 Å². The molecule has 2 aromatic rings. The van der Waals surface area contributed by atoms with Gasteiger partial charge in [-0.05, 0) is 11.1 Å². The summed E-state index contributed by atoms with van der Waals surface area (Å²) in [4.78, 5) is 0.909. The molecule has 0 fully saturated rings. The molecule has 0 N–H and O–H groups in total. The average molecular weight is 222 g/mol. The van der Waals surface area contributed by atoms with Gasteiger partial charge in [0.1, 0.15) is 0 Å². The Kier molecular flexibility index (Phi) is 5.20. The van der Waals surface area contributed by atoms with E-state index in [9.17, 15) is 0 Å². The number of benzene rings is 2. The zero-order valence-electron chi connectivity index (χ0n) is 7.68. The molecule has 0 atom stereocenters. The van der Waals surface area contributed by atoms with Gasteiger partial charge in [-0.25, -0.2) is 0 Å². The Morgan fingerprint density at radius 2 is 1.00 bits per heavy atom. The fraction of sp³-hybridized carbons (Fsp3) is 0. The SMILES string of the molecule is S=C(c1ccccc1)c1ccccc1.[NaH]. The quantitative estimate of drug-likeness (QED) is 0.428. The van der Waals surface area contributed by atoms with Crippen molar-refractivity contribution in [3.63, 3.8) is 0 Å². The summed E-state index contributed by atoms with van der Waals surface area (Å²) in [6.07, 6.45) is 0. The number of rotatable bonds is 2. The van der Waals surface area contributed by atoms with Gasteiger partial charge < -0.3 is 0 Å². The van der Waals surface area contributed by atoms with E-state index in [1.807, 2.05) is 60.7 Å². The second-order valence-corrected chi connectivity index (χ2v) is 3.47. The Bertz CT molecular complexity index is 381. The van der Waals surface area contributed by atoms with Crippen molar-refractivity contribution in [2.45, 2.75) is 0 Å². The van der Waals surface area contributed by atoms with Crippen molar-refractivity contribution in [2.24, 2.45) is 0 Å². The van der Waals surface area contributed by atoms with Crippen LogP contribution in [0.25, 0.3) is 0 Å². The third kappa shape index (κ3) is 3.25. The molecule has 0 aliphatic heterocycles. The Morgan fingerprint density at radius 3 is 1.33 bits per heavy atom. The van der Waals surface area contributed by atoms with Crippen LogP contribution in [0.3, 0.4) is 0 Å². The molecule has 0 nitrogen and oxygen atoms in total. The van der Waals surface area contributed by atoms with Gasteiger partial charge in [0.05, 0.1) is 4.86 Å². The molecule has 70 valence electrons. The topological polar surface area (TPSA) is 0 Å². The van der Waals surface area contributed by atoms with Crippen LogP contribution in [0.4, 0.5) is 0 Å². The molecule has 15 heavy (non-hydrogen) atoms. The minimum atomic E-state index is 0. The van der Waals surface area contributed by atoms with E-state index in [0.717, 1.165) is 16.0 Å². The summed E-state index contributed by atoms with van der Waals surface area (Å²) in [5.74, 6) is 0. The summed E-state index contributed by atoms with van der Waals surface area (Å²) < 4.78 is 0. The van der Waals surface area contributed by atoms with Crippen molar-refractivity contribution in [2.75, 3.05) is 0 Å². The molecule has 0 bridgehead atoms. The third-order valence-electron chi connectivity index (χ3n) is 2.07. The molecule has 0 unspecified atom stereocenters. The molecule has 0 saturated heterocycles. The van der Waals surface area contributed by atoms with Gasteiger partial charge in [-0.1, -0.05) is 72.9 Å². The number of hydrogen-bond acceptors (Lipinski definition) is 1. The van der Waals surface area contributed by atoms with Crippen molar-refractivity contribution in [3.8, 4) is 0 Å². The van der Waals surface area contributed by atoms with E-state index in [-0.39, 0.29) is 29.6 Å². The first kappa shape index (κ1) is 12.6. The predicted octanol–water partition coefficient (Wildman–Crippen LogP) is 2.80. The van der Waals surface area contributed by atoms with Gasteiger partial charge in [0.15, 0.2) is 0 Å². The molecule has 2 rings (SSSR count). The van der Waals surface area contributed by atoms with Crippen LogP contribution in [0.5, 0.6) is 0 Å². The molecule has 0 aromatic heterocycles. The van der Waals surface area contributed by atoms with Crippen LogP contribution < -0.4 is 0 Å². The summed E-state index contributed by atoms with van der Waals surface area (Å²) in [6.45, 7) is 0. The summed E-state index contributed by atoms with van der Waals surface area (Å²) in [5.41, 5.74) is 2.21. The van der Waals surface area contributed by atoms with E-state index in [4.69, 9.17) is 12.2 Å². The summed E-state index contributed by atoms with van der Waals surface area (Å²) in [5, 5.41) is 0. The first-order valence-electron chi connectivity index (χ1n) is 4.53. The minimum absolute atomic E-state index is 0. The van der Waals surface area contributed by atoms with E-state index in [1.165, 1.54) is 0 Å². The van der Waals surface area contributed by atoms with Gasteiger partial charge in [0, 0.05) is 0 Å². The predicted molar refractivity (Wildman–Crippen MR) is 70.8 cm³/mol. The summed E-state index contributed by atoms with van der Waals surface area (Å²) in [7, 11) is 0. The molecular formula is C13H11NaS. The fourth-order valence-corrected chi connectivity index (χ4v) is 1.62. The Balaban J connectivity index is 0.00000112. The molecule has 0 spiro atoms. The van der Waals surface area contributed by atoms with Gasteiger partial charge >= 0.3 is 29.6 Å². The van der Waals surface area contributed by atoms with E-state index in [0.29, 0.717) is 0 Å². The molecule has 0 heterocycles. The molecule has 2 heteroatoms. The van der Waals surface area contributed by atoms with Gasteiger partial charge in [-0.3, -0.25) is 0 Å². The molecule has 0 saturated carbocycles. The Morgan fingerprint density at radius 1 is 0.667 bits per heavy atom. The molecule has 0 amide bonds. The normalized spacial score (nSPS) is 9.07. The van der Waals surface area contributed by atoms with Crippen LogP contribution in [0, 0.1) is 0 Å². The molecule has 0 aliphatic rings. The molecule has 0 aliphatic carbocycles. The maximum absolute atomic E-state index is 5.39. The summed E-state index contributed by atoms with van der Waals surface area (Å²) in [6, 6.07) is 20.2. The second-order valence-electron chi connectivity index (χ2n) is 3.06. The van der Waals surface area contributed by atoms with E-state index >= 15 is 0 Å². The van der Waals surface area contributed by atoms with Crippen LogP contribution in [-0.2, 0) is 0 Å². The standard InChI is InChI=1S/C13H10S.Na.H/c14-13(11-7-3-1-4-8-11)12-9-5-2-6-10-12;;/h1-10H;;. The van der Waals surface area contributed by atoms with E-state index in [1.54, 1.807) is 0 Å². The fourth-order valence-electron chi connectivity index (χ4n) is 1.35. The number of thiocarbonyl (C=S) groups is 1. The van der Waals surface area contributed by atoms with Crippen molar-refractivity contribution in [3.05, 3.63) is 71.8 Å². The zero-order valence-corrected chi connectivity index (χ0v) is 8.50. The van der Waals surface area contributed by atoms with Crippen LogP contribution >= 0.6 is 12.2 Å². The van der Waals surface area contributed by atoms with Crippen LogP contribution in [0.15, 0.2) is 60.7 Å². The van der Waals surface area contributed by atoms with Crippen molar-refractivity contribution in [1.29, 1.82) is 0 Å². The van der Waals surface area contributed by atoms with Crippen LogP contribution in [-0.4, -0.2) is 34.4 Å². The van der Waals surface area contributed by atoms with Crippen molar-refractivity contribution >= 4 is 46.6 Å². The van der Waals surface area contributed by atoms with Gasteiger partial charge in [-0.15, -0.1) is 0 Å². The second kappa shape index (κ2) is 6.19. The first-order chi connectivity index (χ1) is 6.88. The molecular weight excluding hydrogens is 211 g/mol. The monoisotopic (exact) mass is 222 g/mol. The molecule has 0 radical (unpaired) electrons. The average Bonchev–Trinajstić information content (AvgIpc) is 2.30. The zero-order chi connectivity index (χ0) is 9.80. The van der Waals surface area contributed by atoms with Gasteiger partial charge in [0.2, 0.25) is 0 Å².